The molecule has 0 aliphatic carbocycles. The Balaban J connectivity index is 0. The maximum Gasteiger partial charge on any atom is 1.00 e. The topological polar surface area (TPSA) is 66.4 Å². The smallest absolute Gasteiger partial charge is 0.726 e. The van der Waals surface area contributed by atoms with E-state index in [4.69, 9.17) is 0 Å². The predicted molar refractivity (Wildman–Crippen MR) is 81.2 cm³/mol. The summed E-state index contributed by atoms with van der Waals surface area (Å²) < 4.78 is 35.3. The minimum atomic E-state index is -4.53. The van der Waals surface area contributed by atoms with Gasteiger partial charge in [0.15, 0.2) is 0 Å². The fraction of sp³-hybridized carbons (Fsp3) is 1.00. The van der Waals surface area contributed by atoms with E-state index in [0.717, 1.165) is 18.8 Å². The van der Waals surface area contributed by atoms with Gasteiger partial charge in [0.1, 0.15) is 0 Å². The normalized spacial score (nSPS) is 14.5. The van der Waals surface area contributed by atoms with Gasteiger partial charge in [0.2, 0.25) is 10.4 Å². The third-order valence-electron chi connectivity index (χ3n) is 3.85. The van der Waals surface area contributed by atoms with Crippen molar-refractivity contribution in [3.63, 3.8) is 0 Å². The van der Waals surface area contributed by atoms with Gasteiger partial charge in [-0.05, 0) is 18.3 Å². The molecule has 0 saturated heterocycles. The summed E-state index contributed by atoms with van der Waals surface area (Å²) in [4.78, 5) is 0. The maximum atomic E-state index is 10.3. The zero-order chi connectivity index (χ0) is 15.4. The van der Waals surface area contributed by atoms with Crippen LogP contribution in [0.25, 0.3) is 0 Å². The summed E-state index contributed by atoms with van der Waals surface area (Å²) in [6, 6.07) is 0. The van der Waals surface area contributed by atoms with E-state index >= 15 is 0 Å². The van der Waals surface area contributed by atoms with Gasteiger partial charge in [-0.1, -0.05) is 72.1 Å². The fourth-order valence-corrected chi connectivity index (χ4v) is 2.84. The fourth-order valence-electron chi connectivity index (χ4n) is 2.44. The second kappa shape index (κ2) is 14.5. The van der Waals surface area contributed by atoms with Crippen molar-refractivity contribution in [1.29, 1.82) is 0 Å². The van der Waals surface area contributed by atoms with Gasteiger partial charge in [-0.3, -0.25) is 4.18 Å². The standard InChI is InChI=1S/C15H32O4S.Na/c1-4-6-7-11-15(5-2)12-9-8-10-14(3)13-19-20(16,17)18;/h14-15H,4-13H2,1-3H3,(H,16,17,18);/q;+1/p-1. The zero-order valence-electron chi connectivity index (χ0n) is 14.3. The Morgan fingerprint density at radius 1 is 1.00 bits per heavy atom. The predicted octanol–water partition coefficient (Wildman–Crippen LogP) is 1.27. The van der Waals surface area contributed by atoms with Crippen molar-refractivity contribution in [3.8, 4) is 0 Å². The molecule has 0 N–H and O–H groups in total. The summed E-state index contributed by atoms with van der Waals surface area (Å²) in [6.45, 7) is 6.42. The van der Waals surface area contributed by atoms with Crippen LogP contribution in [-0.4, -0.2) is 19.6 Å². The van der Waals surface area contributed by atoms with Crippen molar-refractivity contribution < 1.29 is 46.7 Å². The molecule has 0 aromatic rings. The molecular weight excluding hydrogens is 299 g/mol. The van der Waals surface area contributed by atoms with Crippen molar-refractivity contribution in [2.75, 3.05) is 6.61 Å². The summed E-state index contributed by atoms with van der Waals surface area (Å²) in [5.74, 6) is 0.953. The van der Waals surface area contributed by atoms with Crippen LogP contribution in [0.4, 0.5) is 0 Å². The first-order valence-electron chi connectivity index (χ1n) is 7.99. The minimum absolute atomic E-state index is 0. The largest absolute Gasteiger partial charge is 1.00 e. The number of unbranched alkanes of at least 4 members (excludes halogenated alkanes) is 3. The van der Waals surface area contributed by atoms with Crippen LogP contribution >= 0.6 is 0 Å². The summed E-state index contributed by atoms with van der Waals surface area (Å²) in [5, 5.41) is 0. The molecule has 0 radical (unpaired) electrons. The van der Waals surface area contributed by atoms with E-state index in [0.29, 0.717) is 0 Å². The van der Waals surface area contributed by atoms with Crippen LogP contribution in [0.15, 0.2) is 0 Å². The number of hydrogen-bond acceptors (Lipinski definition) is 4. The van der Waals surface area contributed by atoms with Gasteiger partial charge in [-0.2, -0.15) is 0 Å². The van der Waals surface area contributed by atoms with Crippen LogP contribution in [0.2, 0.25) is 0 Å². The molecule has 6 heteroatoms. The van der Waals surface area contributed by atoms with E-state index in [1.165, 1.54) is 44.9 Å². The SMILES string of the molecule is CCCCCC(CC)CCCCC(C)COS(=O)(=O)[O-].[Na+]. The van der Waals surface area contributed by atoms with Crippen LogP contribution in [0.1, 0.15) is 78.6 Å². The third kappa shape index (κ3) is 17.1. The van der Waals surface area contributed by atoms with Gasteiger partial charge < -0.3 is 4.55 Å². The molecule has 0 aromatic carbocycles. The Morgan fingerprint density at radius 3 is 2.00 bits per heavy atom. The Hall–Kier alpha value is 0.870. The Kier molecular flexibility index (Phi) is 16.6. The molecule has 0 fully saturated rings. The molecule has 4 nitrogen and oxygen atoms in total. The minimum Gasteiger partial charge on any atom is -0.726 e. The van der Waals surface area contributed by atoms with E-state index in [2.05, 4.69) is 18.0 Å². The van der Waals surface area contributed by atoms with Crippen LogP contribution < -0.4 is 29.6 Å². The molecule has 2 unspecified atom stereocenters. The molecule has 0 heterocycles. The van der Waals surface area contributed by atoms with Gasteiger partial charge >= 0.3 is 29.6 Å². The van der Waals surface area contributed by atoms with E-state index < -0.39 is 10.4 Å². The summed E-state index contributed by atoms with van der Waals surface area (Å²) in [7, 11) is -4.53. The first-order chi connectivity index (χ1) is 9.39. The maximum absolute atomic E-state index is 10.3. The average molecular weight is 330 g/mol. The number of hydrogen-bond donors (Lipinski definition) is 0. The van der Waals surface area contributed by atoms with E-state index in [1.807, 2.05) is 6.92 Å². The summed E-state index contributed by atoms with van der Waals surface area (Å²) in [5.41, 5.74) is 0. The van der Waals surface area contributed by atoms with E-state index in [1.54, 1.807) is 0 Å². The summed E-state index contributed by atoms with van der Waals surface area (Å²) >= 11 is 0. The molecule has 0 rings (SSSR count). The first kappa shape index (κ1) is 24.1. The Bertz CT molecular complexity index is 320. The Labute approximate surface area is 153 Å². The van der Waals surface area contributed by atoms with Crippen molar-refractivity contribution in [2.45, 2.75) is 78.6 Å². The van der Waals surface area contributed by atoms with Crippen molar-refractivity contribution >= 4 is 10.4 Å². The van der Waals surface area contributed by atoms with Gasteiger partial charge in [0.05, 0.1) is 6.61 Å². The molecule has 2 atom stereocenters. The van der Waals surface area contributed by atoms with Crippen molar-refractivity contribution in [3.05, 3.63) is 0 Å². The molecular formula is C15H31NaO4S. The van der Waals surface area contributed by atoms with Crippen LogP contribution in [0.3, 0.4) is 0 Å². The first-order valence-corrected chi connectivity index (χ1v) is 9.32. The van der Waals surface area contributed by atoms with Crippen molar-refractivity contribution in [2.24, 2.45) is 11.8 Å². The van der Waals surface area contributed by atoms with Crippen molar-refractivity contribution in [1.82, 2.24) is 0 Å². The zero-order valence-corrected chi connectivity index (χ0v) is 17.1. The second-order valence-corrected chi connectivity index (χ2v) is 6.90. The van der Waals surface area contributed by atoms with Crippen LogP contribution in [0.5, 0.6) is 0 Å². The molecule has 0 saturated carbocycles. The Morgan fingerprint density at radius 2 is 1.52 bits per heavy atom. The number of rotatable bonds is 13. The quantitative estimate of drug-likeness (QED) is 0.221. The molecule has 0 spiro atoms. The second-order valence-electron chi connectivity index (χ2n) is 5.85. The molecule has 0 bridgehead atoms. The average Bonchev–Trinajstić information content (AvgIpc) is 2.38. The molecule has 0 aliphatic rings. The summed E-state index contributed by atoms with van der Waals surface area (Å²) in [6.07, 6.45) is 10.9. The molecule has 21 heavy (non-hydrogen) atoms. The molecule has 0 aromatic heterocycles. The van der Waals surface area contributed by atoms with E-state index in [-0.39, 0.29) is 42.1 Å². The third-order valence-corrected chi connectivity index (χ3v) is 4.27. The van der Waals surface area contributed by atoms with Crippen LogP contribution in [-0.2, 0) is 14.6 Å². The van der Waals surface area contributed by atoms with Gasteiger partial charge in [-0.15, -0.1) is 0 Å². The van der Waals surface area contributed by atoms with Gasteiger partial charge in [-0.25, -0.2) is 8.42 Å². The molecule has 0 aliphatic heterocycles. The van der Waals surface area contributed by atoms with Gasteiger partial charge in [0.25, 0.3) is 0 Å². The van der Waals surface area contributed by atoms with E-state index in [9.17, 15) is 13.0 Å². The van der Waals surface area contributed by atoms with Gasteiger partial charge in [0, 0.05) is 0 Å². The monoisotopic (exact) mass is 330 g/mol. The molecule has 122 valence electrons. The van der Waals surface area contributed by atoms with Crippen LogP contribution in [0, 0.1) is 11.8 Å². The molecule has 0 amide bonds.